The number of anilines is 1. The smallest absolute Gasteiger partial charge is 0.263 e. The molecule has 0 radical (unpaired) electrons. The molecule has 7 nitrogen and oxygen atoms in total. The van der Waals surface area contributed by atoms with Gasteiger partial charge in [0.15, 0.2) is 6.10 Å². The van der Waals surface area contributed by atoms with Crippen molar-refractivity contribution in [3.8, 4) is 11.4 Å². The number of hydrogen-bond donors (Lipinski definition) is 1. The predicted molar refractivity (Wildman–Crippen MR) is 108 cm³/mol. The van der Waals surface area contributed by atoms with E-state index in [4.69, 9.17) is 9.47 Å². The van der Waals surface area contributed by atoms with E-state index in [9.17, 15) is 4.79 Å². The molecule has 0 spiro atoms. The average Bonchev–Trinajstić information content (AvgIpc) is 3.26. The van der Waals surface area contributed by atoms with Crippen LogP contribution in [0.3, 0.4) is 0 Å². The number of nitrogens with one attached hydrogen (secondary N) is 1. The van der Waals surface area contributed by atoms with Crippen molar-refractivity contribution in [1.82, 2.24) is 15.1 Å². The predicted octanol–water partition coefficient (Wildman–Crippen LogP) is 2.15. The maximum Gasteiger partial charge on any atom is 0.263 e. The van der Waals surface area contributed by atoms with Gasteiger partial charge in [-0.3, -0.25) is 4.79 Å². The van der Waals surface area contributed by atoms with Crippen LogP contribution in [0.1, 0.15) is 5.56 Å². The second-order valence-corrected chi connectivity index (χ2v) is 7.31. The Morgan fingerprint density at radius 2 is 1.93 bits per heavy atom. The molecule has 0 bridgehead atoms. The van der Waals surface area contributed by atoms with Gasteiger partial charge in [0.05, 0.1) is 37.2 Å². The highest BCUT2D eigenvalue weighted by Crippen LogP contribution is 2.34. The second kappa shape index (κ2) is 7.60. The zero-order valence-corrected chi connectivity index (χ0v) is 15.9. The summed E-state index contributed by atoms with van der Waals surface area (Å²) in [5, 5.41) is 7.26. The third-order valence-corrected chi connectivity index (χ3v) is 5.22. The maximum atomic E-state index is 12.7. The Morgan fingerprint density at radius 1 is 1.10 bits per heavy atom. The molecule has 2 aliphatic rings. The fourth-order valence-electron chi connectivity index (χ4n) is 3.60. The van der Waals surface area contributed by atoms with Crippen LogP contribution in [0.2, 0.25) is 0 Å². The van der Waals surface area contributed by atoms with Gasteiger partial charge >= 0.3 is 0 Å². The van der Waals surface area contributed by atoms with Gasteiger partial charge in [-0.1, -0.05) is 24.3 Å². The van der Waals surface area contributed by atoms with E-state index in [1.807, 2.05) is 41.2 Å². The number of fused-ring (bicyclic) bond motifs is 1. The summed E-state index contributed by atoms with van der Waals surface area (Å²) in [5.74, 6) is 0.642. The van der Waals surface area contributed by atoms with Crippen molar-refractivity contribution >= 4 is 11.6 Å². The third-order valence-electron chi connectivity index (χ3n) is 5.22. The van der Waals surface area contributed by atoms with Gasteiger partial charge in [-0.15, -0.1) is 0 Å². The quantitative estimate of drug-likeness (QED) is 0.723. The number of amides is 1. The van der Waals surface area contributed by atoms with E-state index in [1.165, 1.54) is 0 Å². The lowest BCUT2D eigenvalue weighted by molar-refractivity contribution is -0.132. The van der Waals surface area contributed by atoms with Crippen LogP contribution in [0.5, 0.6) is 5.75 Å². The van der Waals surface area contributed by atoms with Crippen molar-refractivity contribution in [3.63, 3.8) is 0 Å². The topological polar surface area (TPSA) is 68.6 Å². The number of rotatable bonds is 5. The molecule has 5 rings (SSSR count). The van der Waals surface area contributed by atoms with Crippen molar-refractivity contribution in [2.75, 3.05) is 24.7 Å². The summed E-state index contributed by atoms with van der Waals surface area (Å²) in [6.07, 6.45) is 3.14. The molecule has 148 valence electrons. The van der Waals surface area contributed by atoms with Gasteiger partial charge in [-0.25, -0.2) is 4.68 Å². The number of benzene rings is 2. The first-order valence-corrected chi connectivity index (χ1v) is 9.74. The van der Waals surface area contributed by atoms with Crippen LogP contribution < -0.4 is 15.0 Å². The molecule has 1 saturated heterocycles. The minimum absolute atomic E-state index is 0.0894. The van der Waals surface area contributed by atoms with Crippen molar-refractivity contribution in [3.05, 3.63) is 72.6 Å². The van der Waals surface area contributed by atoms with E-state index < -0.39 is 6.10 Å². The van der Waals surface area contributed by atoms with E-state index in [1.54, 1.807) is 6.20 Å². The summed E-state index contributed by atoms with van der Waals surface area (Å²) in [7, 11) is 0. The SMILES string of the molecule is O=C(NC1COC1)C1CN(Cc2ccc(-n3cccn3)cc2)c2ccccc2O1. The van der Waals surface area contributed by atoms with Gasteiger partial charge in [-0.2, -0.15) is 5.10 Å². The van der Waals surface area contributed by atoms with Gasteiger partial charge in [0.25, 0.3) is 5.91 Å². The molecule has 3 heterocycles. The number of carbonyl (C=O) groups excluding carboxylic acids is 1. The molecule has 1 N–H and O–H groups in total. The molecule has 0 saturated carbocycles. The largest absolute Gasteiger partial charge is 0.477 e. The Balaban J connectivity index is 1.34. The van der Waals surface area contributed by atoms with Gasteiger partial charge in [0.2, 0.25) is 0 Å². The van der Waals surface area contributed by atoms with E-state index in [-0.39, 0.29) is 11.9 Å². The summed E-state index contributed by atoms with van der Waals surface area (Å²) in [5.41, 5.74) is 3.17. The highest BCUT2D eigenvalue weighted by Gasteiger charge is 2.33. The first-order chi connectivity index (χ1) is 14.3. The third kappa shape index (κ3) is 3.69. The average molecular weight is 390 g/mol. The van der Waals surface area contributed by atoms with Crippen LogP contribution in [0.4, 0.5) is 5.69 Å². The fraction of sp³-hybridized carbons (Fsp3) is 0.273. The van der Waals surface area contributed by atoms with E-state index in [2.05, 4.69) is 39.6 Å². The van der Waals surface area contributed by atoms with Crippen molar-refractivity contribution in [1.29, 1.82) is 0 Å². The van der Waals surface area contributed by atoms with Crippen LogP contribution in [0.25, 0.3) is 5.69 Å². The zero-order valence-electron chi connectivity index (χ0n) is 15.9. The Labute approximate surface area is 168 Å². The Bertz CT molecular complexity index is 984. The monoisotopic (exact) mass is 390 g/mol. The van der Waals surface area contributed by atoms with Crippen LogP contribution in [-0.2, 0) is 16.1 Å². The van der Waals surface area contributed by atoms with Crippen LogP contribution in [-0.4, -0.2) is 47.6 Å². The van der Waals surface area contributed by atoms with E-state index in [0.717, 1.165) is 22.7 Å². The minimum atomic E-state index is -0.547. The standard InChI is InChI=1S/C22H22N4O3/c27-22(24-17-14-28-15-17)21-13-25(19-4-1-2-5-20(19)29-21)12-16-6-8-18(9-7-16)26-11-3-10-23-26/h1-11,17,21H,12-15H2,(H,24,27). The summed E-state index contributed by atoms with van der Waals surface area (Å²) >= 11 is 0. The number of nitrogens with zero attached hydrogens (tertiary/aromatic N) is 3. The number of hydrogen-bond acceptors (Lipinski definition) is 5. The summed E-state index contributed by atoms with van der Waals surface area (Å²) < 4.78 is 13.0. The van der Waals surface area contributed by atoms with Crippen molar-refractivity contribution in [2.45, 2.75) is 18.7 Å². The molecule has 2 aliphatic heterocycles. The Morgan fingerprint density at radius 3 is 2.66 bits per heavy atom. The molecular formula is C22H22N4O3. The first-order valence-electron chi connectivity index (χ1n) is 9.74. The molecule has 1 aromatic heterocycles. The lowest BCUT2D eigenvalue weighted by Crippen LogP contribution is -2.55. The van der Waals surface area contributed by atoms with Crippen LogP contribution in [0.15, 0.2) is 67.0 Å². The number of aromatic nitrogens is 2. The van der Waals surface area contributed by atoms with Crippen LogP contribution in [0, 0.1) is 0 Å². The Hall–Kier alpha value is -3.32. The summed E-state index contributed by atoms with van der Waals surface area (Å²) in [6.45, 7) is 2.33. The minimum Gasteiger partial charge on any atom is -0.477 e. The first kappa shape index (κ1) is 17.8. The van der Waals surface area contributed by atoms with Crippen molar-refractivity contribution < 1.29 is 14.3 Å². The normalized spacial score (nSPS) is 18.5. The Kier molecular flexibility index (Phi) is 4.65. The highest BCUT2D eigenvalue weighted by molar-refractivity contribution is 5.83. The molecule has 1 fully saturated rings. The lowest BCUT2D eigenvalue weighted by atomic mass is 10.1. The molecule has 1 unspecified atom stereocenters. The zero-order chi connectivity index (χ0) is 19.6. The summed E-state index contributed by atoms with van der Waals surface area (Å²) in [6, 6.07) is 18.1. The molecule has 0 aliphatic carbocycles. The molecule has 3 aromatic rings. The van der Waals surface area contributed by atoms with Crippen LogP contribution >= 0.6 is 0 Å². The molecule has 2 aromatic carbocycles. The summed E-state index contributed by atoms with van der Waals surface area (Å²) in [4.78, 5) is 14.9. The molecule has 1 atom stereocenters. The molecule has 1 amide bonds. The highest BCUT2D eigenvalue weighted by atomic mass is 16.5. The van der Waals surface area contributed by atoms with Gasteiger partial charge in [0.1, 0.15) is 5.75 Å². The van der Waals surface area contributed by atoms with Gasteiger partial charge < -0.3 is 19.7 Å². The molecule has 7 heteroatoms. The van der Waals surface area contributed by atoms with Gasteiger partial charge in [0, 0.05) is 18.9 Å². The fourth-order valence-corrected chi connectivity index (χ4v) is 3.60. The maximum absolute atomic E-state index is 12.7. The number of carbonyl (C=O) groups is 1. The number of para-hydroxylation sites is 2. The van der Waals surface area contributed by atoms with Gasteiger partial charge in [-0.05, 0) is 35.9 Å². The van der Waals surface area contributed by atoms with E-state index >= 15 is 0 Å². The lowest BCUT2D eigenvalue weighted by Gasteiger charge is -2.37. The van der Waals surface area contributed by atoms with Crippen molar-refractivity contribution in [2.24, 2.45) is 0 Å². The second-order valence-electron chi connectivity index (χ2n) is 7.31. The number of ether oxygens (including phenoxy) is 2. The molecular weight excluding hydrogens is 368 g/mol. The van der Waals surface area contributed by atoms with E-state index in [0.29, 0.717) is 26.3 Å². The molecule has 29 heavy (non-hydrogen) atoms.